The Morgan fingerprint density at radius 1 is 1.50 bits per heavy atom. The topological polar surface area (TPSA) is 89.4 Å². The Morgan fingerprint density at radius 3 is 1.50 bits per heavy atom. The van der Waals surface area contributed by atoms with Crippen LogP contribution in [0.25, 0.3) is 0 Å². The van der Waals surface area contributed by atoms with Crippen molar-refractivity contribution in [2.24, 2.45) is 0 Å². The summed E-state index contributed by atoms with van der Waals surface area (Å²) in [5.74, 6) is 0. The first-order chi connectivity index (χ1) is 2.00. The van der Waals surface area contributed by atoms with Gasteiger partial charge in [0.1, 0.15) is 0 Å². The van der Waals surface area contributed by atoms with Crippen molar-refractivity contribution in [2.45, 2.75) is 0 Å². The standard InChI is InChI=1S/BrHO3Se.H3N/c1-5(2,3)4;/h(H,2,3,4);1H3. The number of hydrogen-bond donors (Lipinski definition) is 2. The second-order valence-electron chi connectivity index (χ2n) is 0.412. The van der Waals surface area contributed by atoms with Crippen molar-refractivity contribution in [3.05, 3.63) is 0 Å². The average molecular weight is 225 g/mol. The van der Waals surface area contributed by atoms with Crippen LogP contribution in [0.3, 0.4) is 0 Å². The van der Waals surface area contributed by atoms with Crippen molar-refractivity contribution in [3.63, 3.8) is 0 Å². The molecule has 0 aromatic rings. The van der Waals surface area contributed by atoms with Crippen LogP contribution in [-0.4, -0.2) is 15.4 Å². The quantitative estimate of drug-likeness (QED) is 0.560. The second kappa shape index (κ2) is 2.65. The Bertz CT molecular complexity index is 94.0. The summed E-state index contributed by atoms with van der Waals surface area (Å²) < 4.78 is 25.8. The van der Waals surface area contributed by atoms with E-state index in [1.807, 2.05) is 14.1 Å². The van der Waals surface area contributed by atoms with Crippen LogP contribution < -0.4 is 6.15 Å². The molecule has 0 radical (unpaired) electrons. The maximum absolute atomic E-state index is 9.18. The third-order valence-electron chi connectivity index (χ3n) is 0. The predicted molar refractivity (Wildman–Crippen MR) is 23.3 cm³/mol. The summed E-state index contributed by atoms with van der Waals surface area (Å²) in [6.45, 7) is 0. The van der Waals surface area contributed by atoms with E-state index in [9.17, 15) is 7.67 Å². The van der Waals surface area contributed by atoms with E-state index in [0.717, 1.165) is 0 Å². The minimum absolute atomic E-state index is 0. The van der Waals surface area contributed by atoms with Gasteiger partial charge in [-0.25, -0.2) is 0 Å². The molecule has 4 N–H and O–H groups in total. The van der Waals surface area contributed by atoms with Gasteiger partial charge in [0, 0.05) is 0 Å². The Morgan fingerprint density at radius 2 is 1.50 bits per heavy atom. The fourth-order valence-electron chi connectivity index (χ4n) is 0. The molecule has 0 aliphatic heterocycles. The number of hydrogen-bond acceptors (Lipinski definition) is 3. The molecular weight excluding hydrogens is 221 g/mol. The van der Waals surface area contributed by atoms with Crippen LogP contribution in [0.2, 0.25) is 0 Å². The van der Waals surface area contributed by atoms with E-state index in [-0.39, 0.29) is 6.15 Å². The van der Waals surface area contributed by atoms with Gasteiger partial charge in [0.2, 0.25) is 0 Å². The Kier molecular flexibility index (Phi) is 4.30. The van der Waals surface area contributed by atoms with Crippen LogP contribution in [-0.2, 0) is 7.67 Å². The third kappa shape index (κ3) is 207. The minimum atomic E-state index is -4.44. The van der Waals surface area contributed by atoms with Gasteiger partial charge < -0.3 is 6.15 Å². The fraction of sp³-hybridized carbons (Fsp3) is 0. The van der Waals surface area contributed by atoms with Crippen LogP contribution in [0.5, 0.6) is 0 Å². The molecule has 0 spiro atoms. The van der Waals surface area contributed by atoms with E-state index in [0.29, 0.717) is 0 Å². The molecule has 4 nitrogen and oxygen atoms in total. The molecule has 0 unspecified atom stereocenters. The van der Waals surface area contributed by atoms with Crippen molar-refractivity contribution in [1.82, 2.24) is 6.15 Å². The summed E-state index contributed by atoms with van der Waals surface area (Å²) in [5, 5.41) is 0. The van der Waals surface area contributed by atoms with E-state index < -0.39 is 11.2 Å². The summed E-state index contributed by atoms with van der Waals surface area (Å²) in [5.41, 5.74) is 0. The average Bonchev–Trinajstić information content (AvgIpc) is 0.722. The van der Waals surface area contributed by atoms with E-state index in [1.165, 1.54) is 0 Å². The van der Waals surface area contributed by atoms with Crippen LogP contribution >= 0.6 is 14.1 Å². The number of halogens is 1. The first kappa shape index (κ1) is 9.72. The first-order valence-corrected chi connectivity index (χ1v) is 6.85. The van der Waals surface area contributed by atoms with Gasteiger partial charge in [-0.05, 0) is 0 Å². The van der Waals surface area contributed by atoms with Gasteiger partial charge in [0.15, 0.2) is 0 Å². The molecule has 0 aliphatic carbocycles. The van der Waals surface area contributed by atoms with Gasteiger partial charge in [0.05, 0.1) is 0 Å². The van der Waals surface area contributed by atoms with Crippen molar-refractivity contribution >= 4 is 25.3 Å². The van der Waals surface area contributed by atoms with Gasteiger partial charge in [-0.3, -0.25) is 0 Å². The van der Waals surface area contributed by atoms with Crippen molar-refractivity contribution in [2.75, 3.05) is 0 Å². The SMILES string of the molecule is N.O=[Se](=O)(O)Br. The summed E-state index contributed by atoms with van der Waals surface area (Å²) in [6, 6.07) is 0. The number of rotatable bonds is 0. The first-order valence-electron chi connectivity index (χ1n) is 0.670. The van der Waals surface area contributed by atoms with Crippen molar-refractivity contribution < 1.29 is 11.9 Å². The zero-order valence-electron chi connectivity index (χ0n) is 2.76. The summed E-state index contributed by atoms with van der Waals surface area (Å²) in [6.07, 6.45) is 0. The summed E-state index contributed by atoms with van der Waals surface area (Å²) >= 11 is -2.46. The molecule has 6 heavy (non-hydrogen) atoms. The van der Waals surface area contributed by atoms with Crippen LogP contribution in [0.1, 0.15) is 0 Å². The Labute approximate surface area is 43.8 Å². The zero-order valence-corrected chi connectivity index (χ0v) is 6.06. The van der Waals surface area contributed by atoms with E-state index in [1.54, 1.807) is 0 Å². The van der Waals surface area contributed by atoms with Gasteiger partial charge >= 0.3 is 37.2 Å². The molecule has 0 rings (SSSR count). The monoisotopic (exact) mass is 225 g/mol. The molecule has 40 valence electrons. The normalized spacial score (nSPS) is 9.67. The van der Waals surface area contributed by atoms with Gasteiger partial charge in [0.25, 0.3) is 0 Å². The second-order valence-corrected chi connectivity index (χ2v) is 6.39. The van der Waals surface area contributed by atoms with Gasteiger partial charge in [-0.1, -0.05) is 0 Å². The third-order valence-corrected chi connectivity index (χ3v) is 0. The van der Waals surface area contributed by atoms with Crippen molar-refractivity contribution in [3.8, 4) is 0 Å². The molecule has 0 saturated carbocycles. The van der Waals surface area contributed by atoms with Gasteiger partial charge in [-0.2, -0.15) is 0 Å². The molecule has 0 aromatic heterocycles. The summed E-state index contributed by atoms with van der Waals surface area (Å²) in [4.78, 5) is 0. The van der Waals surface area contributed by atoms with Crippen LogP contribution in [0.4, 0.5) is 0 Å². The van der Waals surface area contributed by atoms with Crippen molar-refractivity contribution in [1.29, 1.82) is 0 Å². The molecular formula is H4BrNO3Se. The fourth-order valence-corrected chi connectivity index (χ4v) is 0. The molecule has 0 heterocycles. The molecule has 0 fully saturated rings. The van der Waals surface area contributed by atoms with E-state index in [2.05, 4.69) is 0 Å². The Hall–Kier alpha value is 0.519. The molecule has 0 aromatic carbocycles. The molecule has 0 amide bonds. The molecule has 0 atom stereocenters. The van der Waals surface area contributed by atoms with E-state index in [4.69, 9.17) is 4.19 Å². The van der Waals surface area contributed by atoms with Crippen LogP contribution in [0, 0.1) is 0 Å². The maximum atomic E-state index is 9.18. The zero-order chi connectivity index (χ0) is 4.50. The molecule has 0 saturated heterocycles. The van der Waals surface area contributed by atoms with Gasteiger partial charge in [-0.15, -0.1) is 0 Å². The van der Waals surface area contributed by atoms with Crippen LogP contribution in [0.15, 0.2) is 0 Å². The summed E-state index contributed by atoms with van der Waals surface area (Å²) in [7, 11) is 0. The molecule has 0 aliphatic rings. The molecule has 6 heteroatoms. The Balaban J connectivity index is 0. The molecule has 0 bridgehead atoms. The van der Waals surface area contributed by atoms with E-state index >= 15 is 0 Å². The predicted octanol–water partition coefficient (Wildman–Crippen LogP) is -0.168.